The second-order valence-corrected chi connectivity index (χ2v) is 5.71. The fraction of sp³-hybridized carbons (Fsp3) is 0.294. The van der Waals surface area contributed by atoms with Crippen molar-refractivity contribution in [2.45, 2.75) is 20.3 Å². The van der Waals surface area contributed by atoms with Gasteiger partial charge in [0.1, 0.15) is 11.8 Å². The summed E-state index contributed by atoms with van der Waals surface area (Å²) >= 11 is 3.40. The Morgan fingerprint density at radius 3 is 2.45 bits per heavy atom. The summed E-state index contributed by atoms with van der Waals surface area (Å²) < 4.78 is 7.89. The van der Waals surface area contributed by atoms with Crippen LogP contribution in [0.2, 0.25) is 0 Å². The number of esters is 1. The van der Waals surface area contributed by atoms with Gasteiger partial charge in [0, 0.05) is 22.8 Å². The summed E-state index contributed by atoms with van der Waals surface area (Å²) in [6.07, 6.45) is 0.669. The minimum Gasteiger partial charge on any atom is -0.461 e. The standard InChI is InChI=1S/C17H17BrN2O2/c1-4-14-13(10-19)15(11-6-8-12(18)9-7-11)16(20(14)3)17(21)22-5-2/h6-9H,4-5H2,1-3H3. The van der Waals surface area contributed by atoms with E-state index in [9.17, 15) is 10.1 Å². The van der Waals surface area contributed by atoms with Gasteiger partial charge in [0.25, 0.3) is 0 Å². The zero-order valence-electron chi connectivity index (χ0n) is 12.8. The zero-order valence-corrected chi connectivity index (χ0v) is 14.4. The monoisotopic (exact) mass is 360 g/mol. The van der Waals surface area contributed by atoms with E-state index in [0.717, 1.165) is 15.7 Å². The molecule has 0 radical (unpaired) electrons. The van der Waals surface area contributed by atoms with Crippen LogP contribution >= 0.6 is 15.9 Å². The van der Waals surface area contributed by atoms with Crippen molar-refractivity contribution in [3.8, 4) is 17.2 Å². The largest absolute Gasteiger partial charge is 0.461 e. The molecule has 22 heavy (non-hydrogen) atoms. The van der Waals surface area contributed by atoms with Crippen molar-refractivity contribution >= 4 is 21.9 Å². The lowest BCUT2D eigenvalue weighted by atomic mass is 10.00. The topological polar surface area (TPSA) is 55.0 Å². The van der Waals surface area contributed by atoms with Gasteiger partial charge in [0.05, 0.1) is 12.2 Å². The Hall–Kier alpha value is -2.06. The van der Waals surface area contributed by atoms with Crippen LogP contribution in [0.25, 0.3) is 11.1 Å². The van der Waals surface area contributed by atoms with E-state index in [0.29, 0.717) is 29.8 Å². The number of hydrogen-bond donors (Lipinski definition) is 0. The summed E-state index contributed by atoms with van der Waals surface area (Å²) in [5.74, 6) is -0.404. The molecule has 0 unspecified atom stereocenters. The van der Waals surface area contributed by atoms with Gasteiger partial charge in [0.15, 0.2) is 0 Å². The average molecular weight is 361 g/mol. The highest BCUT2D eigenvalue weighted by molar-refractivity contribution is 9.10. The molecule has 1 aromatic heterocycles. The average Bonchev–Trinajstić information content (AvgIpc) is 2.80. The third kappa shape index (κ3) is 2.79. The minimum absolute atomic E-state index is 0.299. The molecule has 0 saturated carbocycles. The van der Waals surface area contributed by atoms with Crippen LogP contribution in [0.1, 0.15) is 35.6 Å². The Kier molecular flexibility index (Phi) is 5.04. The molecule has 2 rings (SSSR count). The summed E-state index contributed by atoms with van der Waals surface area (Å²) in [6.45, 7) is 4.04. The molecule has 2 aromatic rings. The molecule has 0 spiro atoms. The summed E-state index contributed by atoms with van der Waals surface area (Å²) in [5, 5.41) is 9.57. The highest BCUT2D eigenvalue weighted by Crippen LogP contribution is 2.33. The second-order valence-electron chi connectivity index (χ2n) is 4.80. The predicted molar refractivity (Wildman–Crippen MR) is 88.6 cm³/mol. The zero-order chi connectivity index (χ0) is 16.3. The highest BCUT2D eigenvalue weighted by Gasteiger charge is 2.26. The van der Waals surface area contributed by atoms with Crippen molar-refractivity contribution in [2.75, 3.05) is 6.61 Å². The van der Waals surface area contributed by atoms with Crippen molar-refractivity contribution < 1.29 is 9.53 Å². The molecule has 0 fully saturated rings. The van der Waals surface area contributed by atoms with Crippen LogP contribution in [0.15, 0.2) is 28.7 Å². The van der Waals surface area contributed by atoms with Gasteiger partial charge >= 0.3 is 5.97 Å². The summed E-state index contributed by atoms with van der Waals surface area (Å²) in [5.41, 5.74) is 3.28. The molecule has 0 aliphatic rings. The van der Waals surface area contributed by atoms with Gasteiger partial charge in [-0.05, 0) is 31.0 Å². The maximum absolute atomic E-state index is 12.4. The fourth-order valence-corrected chi connectivity index (χ4v) is 2.87. The quantitative estimate of drug-likeness (QED) is 0.772. The smallest absolute Gasteiger partial charge is 0.355 e. The first kappa shape index (κ1) is 16.3. The van der Waals surface area contributed by atoms with Crippen molar-refractivity contribution in [3.63, 3.8) is 0 Å². The second kappa shape index (κ2) is 6.80. The van der Waals surface area contributed by atoms with E-state index >= 15 is 0 Å². The number of ether oxygens (including phenoxy) is 1. The molecule has 0 atom stereocenters. The number of halogens is 1. The molecule has 0 amide bonds. The highest BCUT2D eigenvalue weighted by atomic mass is 79.9. The summed E-state index contributed by atoms with van der Waals surface area (Å²) in [7, 11) is 1.80. The first-order chi connectivity index (χ1) is 10.5. The minimum atomic E-state index is -0.404. The molecule has 0 bridgehead atoms. The Bertz CT molecular complexity index is 739. The maximum Gasteiger partial charge on any atom is 0.355 e. The van der Waals surface area contributed by atoms with Crippen molar-refractivity contribution in [3.05, 3.63) is 45.7 Å². The van der Waals surface area contributed by atoms with Crippen LogP contribution < -0.4 is 0 Å². The van der Waals surface area contributed by atoms with E-state index < -0.39 is 5.97 Å². The summed E-state index contributed by atoms with van der Waals surface area (Å²) in [4.78, 5) is 12.4. The number of carbonyl (C=O) groups is 1. The van der Waals surface area contributed by atoms with E-state index in [1.807, 2.05) is 31.2 Å². The summed E-state index contributed by atoms with van der Waals surface area (Å²) in [6, 6.07) is 9.81. The van der Waals surface area contributed by atoms with Gasteiger partial charge in [-0.25, -0.2) is 4.79 Å². The number of carbonyl (C=O) groups excluding carboxylic acids is 1. The van der Waals surface area contributed by atoms with Gasteiger partial charge in [-0.3, -0.25) is 0 Å². The third-order valence-corrected chi connectivity index (χ3v) is 4.09. The van der Waals surface area contributed by atoms with E-state index in [1.54, 1.807) is 18.5 Å². The maximum atomic E-state index is 12.4. The van der Waals surface area contributed by atoms with Gasteiger partial charge in [-0.15, -0.1) is 0 Å². The van der Waals surface area contributed by atoms with Crippen LogP contribution in [-0.4, -0.2) is 17.1 Å². The molecular formula is C17H17BrN2O2. The number of hydrogen-bond acceptors (Lipinski definition) is 3. The van der Waals surface area contributed by atoms with Crippen molar-refractivity contribution in [1.29, 1.82) is 5.26 Å². The van der Waals surface area contributed by atoms with Crippen LogP contribution in [0.4, 0.5) is 0 Å². The third-order valence-electron chi connectivity index (χ3n) is 3.56. The molecule has 0 N–H and O–H groups in total. The molecule has 5 heteroatoms. The van der Waals surface area contributed by atoms with Gasteiger partial charge in [-0.1, -0.05) is 35.0 Å². The molecule has 1 aromatic carbocycles. The normalized spacial score (nSPS) is 10.3. The van der Waals surface area contributed by atoms with E-state index in [4.69, 9.17) is 4.74 Å². The van der Waals surface area contributed by atoms with Gasteiger partial charge < -0.3 is 9.30 Å². The van der Waals surface area contributed by atoms with E-state index in [2.05, 4.69) is 22.0 Å². The number of rotatable bonds is 4. The lowest BCUT2D eigenvalue weighted by Crippen LogP contribution is -2.12. The number of nitrogens with zero attached hydrogens (tertiary/aromatic N) is 2. The number of benzene rings is 1. The van der Waals surface area contributed by atoms with E-state index in [-0.39, 0.29) is 0 Å². The van der Waals surface area contributed by atoms with E-state index in [1.165, 1.54) is 0 Å². The Balaban J connectivity index is 2.77. The van der Waals surface area contributed by atoms with Crippen molar-refractivity contribution in [2.24, 2.45) is 7.05 Å². The number of aromatic nitrogens is 1. The first-order valence-corrected chi connectivity index (χ1v) is 7.89. The van der Waals surface area contributed by atoms with Crippen LogP contribution in [0, 0.1) is 11.3 Å². The first-order valence-electron chi connectivity index (χ1n) is 7.09. The Morgan fingerprint density at radius 1 is 1.32 bits per heavy atom. The van der Waals surface area contributed by atoms with Crippen LogP contribution in [0.5, 0.6) is 0 Å². The lowest BCUT2D eigenvalue weighted by molar-refractivity contribution is 0.0516. The Labute approximate surface area is 138 Å². The molecule has 0 aliphatic heterocycles. The van der Waals surface area contributed by atoms with Gasteiger partial charge in [0.2, 0.25) is 0 Å². The fourth-order valence-electron chi connectivity index (χ4n) is 2.60. The lowest BCUT2D eigenvalue weighted by Gasteiger charge is -2.08. The molecule has 1 heterocycles. The van der Waals surface area contributed by atoms with Crippen LogP contribution in [-0.2, 0) is 18.2 Å². The van der Waals surface area contributed by atoms with Crippen molar-refractivity contribution in [1.82, 2.24) is 4.57 Å². The number of nitriles is 1. The predicted octanol–water partition coefficient (Wildman–Crippen LogP) is 4.07. The molecule has 4 nitrogen and oxygen atoms in total. The molecule has 0 saturated heterocycles. The SMILES string of the molecule is CCOC(=O)c1c(-c2ccc(Br)cc2)c(C#N)c(CC)n1C. The molecule has 0 aliphatic carbocycles. The molecule has 114 valence electrons. The van der Waals surface area contributed by atoms with Crippen LogP contribution in [0.3, 0.4) is 0 Å². The van der Waals surface area contributed by atoms with Gasteiger partial charge in [-0.2, -0.15) is 5.26 Å². The Morgan fingerprint density at radius 2 is 1.95 bits per heavy atom. The molecular weight excluding hydrogens is 344 g/mol.